The number of benzene rings is 1. The van der Waals surface area contributed by atoms with E-state index in [1.165, 1.54) is 0 Å². The lowest BCUT2D eigenvalue weighted by Crippen LogP contribution is -2.50. The molecule has 15 nitrogen and oxygen atoms in total. The van der Waals surface area contributed by atoms with Crippen molar-refractivity contribution in [1.29, 1.82) is 5.41 Å². The summed E-state index contributed by atoms with van der Waals surface area (Å²) in [5.74, 6) is -0.514. The molecular formula is C30H49ClN8O7. The van der Waals surface area contributed by atoms with E-state index in [-0.39, 0.29) is 35.0 Å². The van der Waals surface area contributed by atoms with Crippen molar-refractivity contribution in [3.8, 4) is 5.75 Å². The Balaban J connectivity index is 1.73. The number of aromatic nitrogens is 2. The van der Waals surface area contributed by atoms with Crippen molar-refractivity contribution >= 4 is 35.1 Å². The zero-order valence-electron chi connectivity index (χ0n) is 26.2. The van der Waals surface area contributed by atoms with Crippen molar-refractivity contribution in [3.63, 3.8) is 0 Å². The number of nitrogens with two attached hydrogens (primary N) is 2. The lowest BCUT2D eigenvalue weighted by molar-refractivity contribution is -0.119. The number of hydrogen-bond donors (Lipinski definition) is 10. The zero-order chi connectivity index (χ0) is 34.1. The zero-order valence-corrected chi connectivity index (χ0v) is 27.0. The van der Waals surface area contributed by atoms with Crippen molar-refractivity contribution < 1.29 is 35.1 Å². The van der Waals surface area contributed by atoms with Crippen LogP contribution in [0.25, 0.3) is 0 Å². The SMILES string of the molecule is CCCCCCN(CCOc1ccc(CCCCNC(=N)NC(=O)c2nc(Cl)c(N)nc2N)cc1)CC(O)C(O)C(O)C(O)CO. The molecule has 0 aliphatic carbocycles. The molecule has 0 saturated carbocycles. The highest BCUT2D eigenvalue weighted by Crippen LogP contribution is 2.17. The third-order valence-corrected chi connectivity index (χ3v) is 7.53. The van der Waals surface area contributed by atoms with Gasteiger partial charge in [-0.3, -0.25) is 20.4 Å². The minimum absolute atomic E-state index is 0.0757. The fraction of sp³-hybridized carbons (Fsp3) is 0.600. The lowest BCUT2D eigenvalue weighted by Gasteiger charge is -2.30. The van der Waals surface area contributed by atoms with Gasteiger partial charge in [0.2, 0.25) is 0 Å². The number of hydrogen-bond acceptors (Lipinski definition) is 13. The van der Waals surface area contributed by atoms with E-state index in [9.17, 15) is 25.2 Å². The highest BCUT2D eigenvalue weighted by atomic mass is 35.5. The number of halogens is 1. The number of amides is 1. The van der Waals surface area contributed by atoms with Crippen LogP contribution in [0.5, 0.6) is 5.75 Å². The van der Waals surface area contributed by atoms with Crippen LogP contribution in [0.2, 0.25) is 5.15 Å². The van der Waals surface area contributed by atoms with E-state index in [1.807, 2.05) is 29.2 Å². The first-order chi connectivity index (χ1) is 22.0. The molecule has 0 fully saturated rings. The average Bonchev–Trinajstić information content (AvgIpc) is 3.03. The van der Waals surface area contributed by atoms with Gasteiger partial charge in [0.05, 0.1) is 12.7 Å². The van der Waals surface area contributed by atoms with Crippen LogP contribution < -0.4 is 26.8 Å². The summed E-state index contributed by atoms with van der Waals surface area (Å²) in [6.07, 6.45) is 0.379. The van der Waals surface area contributed by atoms with Crippen LogP contribution in [0.4, 0.5) is 11.6 Å². The molecule has 1 aromatic heterocycles. The second kappa shape index (κ2) is 20.7. The number of nitrogen functional groups attached to an aromatic ring is 2. The van der Waals surface area contributed by atoms with E-state index >= 15 is 0 Å². The summed E-state index contributed by atoms with van der Waals surface area (Å²) in [5.41, 5.74) is 12.1. The molecule has 0 aliphatic heterocycles. The van der Waals surface area contributed by atoms with Crippen molar-refractivity contribution in [3.05, 3.63) is 40.7 Å². The molecule has 4 unspecified atom stereocenters. The smallest absolute Gasteiger partial charge is 0.280 e. The molecule has 1 aromatic carbocycles. The van der Waals surface area contributed by atoms with Crippen LogP contribution in [0.3, 0.4) is 0 Å². The number of rotatable bonds is 21. The van der Waals surface area contributed by atoms with Gasteiger partial charge >= 0.3 is 0 Å². The van der Waals surface area contributed by atoms with Gasteiger partial charge in [0.15, 0.2) is 28.4 Å². The maximum atomic E-state index is 12.3. The van der Waals surface area contributed by atoms with E-state index in [2.05, 4.69) is 27.5 Å². The number of ether oxygens (including phenoxy) is 1. The number of anilines is 2. The first-order valence-electron chi connectivity index (χ1n) is 15.5. The van der Waals surface area contributed by atoms with Crippen LogP contribution in [0.1, 0.15) is 61.5 Å². The minimum Gasteiger partial charge on any atom is -0.492 e. The molecule has 12 N–H and O–H groups in total. The van der Waals surface area contributed by atoms with Crippen LogP contribution in [0, 0.1) is 5.41 Å². The van der Waals surface area contributed by atoms with Gasteiger partial charge in [0.25, 0.3) is 5.91 Å². The number of guanidine groups is 1. The van der Waals surface area contributed by atoms with Gasteiger partial charge in [-0.05, 0) is 49.9 Å². The molecule has 0 spiro atoms. The van der Waals surface area contributed by atoms with Crippen molar-refractivity contribution in [2.75, 3.05) is 50.9 Å². The van der Waals surface area contributed by atoms with E-state index < -0.39 is 36.9 Å². The molecule has 1 amide bonds. The van der Waals surface area contributed by atoms with Crippen LogP contribution >= 0.6 is 11.6 Å². The van der Waals surface area contributed by atoms with Gasteiger partial charge in [-0.15, -0.1) is 0 Å². The number of aliphatic hydroxyl groups excluding tert-OH is 5. The Morgan fingerprint density at radius 2 is 1.67 bits per heavy atom. The van der Waals surface area contributed by atoms with Crippen LogP contribution in [-0.4, -0.2) is 116 Å². The molecule has 258 valence electrons. The monoisotopic (exact) mass is 668 g/mol. The predicted octanol–water partition coefficient (Wildman–Crippen LogP) is 0.268. The summed E-state index contributed by atoms with van der Waals surface area (Å²) in [7, 11) is 0. The molecule has 0 saturated heterocycles. The Kier molecular flexibility index (Phi) is 17.5. The maximum Gasteiger partial charge on any atom is 0.280 e. The molecular weight excluding hydrogens is 620 g/mol. The second-order valence-electron chi connectivity index (χ2n) is 11.0. The van der Waals surface area contributed by atoms with Crippen molar-refractivity contribution in [1.82, 2.24) is 25.5 Å². The number of aliphatic hydroxyl groups is 5. The van der Waals surface area contributed by atoms with Crippen molar-refractivity contribution in [2.24, 2.45) is 0 Å². The van der Waals surface area contributed by atoms with E-state index in [4.69, 9.17) is 38.3 Å². The molecule has 4 atom stereocenters. The number of nitrogens with zero attached hydrogens (tertiary/aromatic N) is 3. The second-order valence-corrected chi connectivity index (χ2v) is 11.4. The summed E-state index contributed by atoms with van der Waals surface area (Å²) in [5, 5.41) is 62.2. The summed E-state index contributed by atoms with van der Waals surface area (Å²) >= 11 is 5.80. The molecule has 1 heterocycles. The van der Waals surface area contributed by atoms with E-state index in [1.54, 1.807) is 0 Å². The quantitative estimate of drug-likeness (QED) is 0.0487. The largest absolute Gasteiger partial charge is 0.492 e. The van der Waals surface area contributed by atoms with E-state index in [0.717, 1.165) is 50.5 Å². The van der Waals surface area contributed by atoms with Gasteiger partial charge in [-0.1, -0.05) is 49.9 Å². The Labute approximate surface area is 274 Å². The first-order valence-corrected chi connectivity index (χ1v) is 15.8. The van der Waals surface area contributed by atoms with Crippen molar-refractivity contribution in [2.45, 2.75) is 76.3 Å². The molecule has 0 bridgehead atoms. The van der Waals surface area contributed by atoms with E-state index in [0.29, 0.717) is 32.0 Å². The summed E-state index contributed by atoms with van der Waals surface area (Å²) in [6, 6.07) is 7.72. The third-order valence-electron chi connectivity index (χ3n) is 7.25. The first kappa shape index (κ1) is 38.9. The Bertz CT molecular complexity index is 1210. The Morgan fingerprint density at radius 3 is 2.35 bits per heavy atom. The normalized spacial score (nSPS) is 14.0. The molecule has 2 rings (SSSR count). The number of aryl methyl sites for hydroxylation is 1. The highest BCUT2D eigenvalue weighted by molar-refractivity contribution is 6.31. The Morgan fingerprint density at radius 1 is 0.978 bits per heavy atom. The fourth-order valence-electron chi connectivity index (χ4n) is 4.53. The fourth-order valence-corrected chi connectivity index (χ4v) is 4.66. The minimum atomic E-state index is -1.66. The topological polar surface area (TPSA) is 256 Å². The van der Waals surface area contributed by atoms with Gasteiger partial charge in [-0.25, -0.2) is 9.97 Å². The molecule has 0 radical (unpaired) electrons. The number of nitrogens with one attached hydrogen (secondary N) is 3. The summed E-state index contributed by atoms with van der Waals surface area (Å²) in [6.45, 7) is 3.43. The molecule has 0 aliphatic rings. The maximum absolute atomic E-state index is 12.3. The lowest BCUT2D eigenvalue weighted by atomic mass is 10.0. The standard InChI is InChI=1S/C30H49ClN8O7/c1-2-3-4-7-14-39(17-21(41)24(43)25(44)22(42)18-40)15-16-46-20-11-9-19(10-12-20)8-5-6-13-35-30(34)38-29(45)23-27(32)37-28(33)26(31)36-23/h9-12,21-22,24-25,40-44H,2-8,13-18H2,1H3,(H4,32,33,37)(H3,34,35,38,45). The summed E-state index contributed by atoms with van der Waals surface area (Å²) < 4.78 is 5.91. The number of carbonyl (C=O) groups is 1. The highest BCUT2D eigenvalue weighted by Gasteiger charge is 2.31. The van der Waals surface area contributed by atoms with Crippen LogP contribution in [0.15, 0.2) is 24.3 Å². The predicted molar refractivity (Wildman–Crippen MR) is 176 cm³/mol. The molecule has 16 heteroatoms. The van der Waals surface area contributed by atoms with Gasteiger partial charge in [0.1, 0.15) is 30.7 Å². The summed E-state index contributed by atoms with van der Waals surface area (Å²) in [4.78, 5) is 21.8. The molecule has 2 aromatic rings. The third kappa shape index (κ3) is 13.6. The Hall–Kier alpha value is -3.31. The molecule has 46 heavy (non-hydrogen) atoms. The van der Waals surface area contributed by atoms with Gasteiger partial charge < -0.3 is 47.1 Å². The number of carbonyl (C=O) groups excluding carboxylic acids is 1. The van der Waals surface area contributed by atoms with Gasteiger partial charge in [-0.2, -0.15) is 0 Å². The van der Waals surface area contributed by atoms with Crippen LogP contribution in [-0.2, 0) is 6.42 Å². The van der Waals surface area contributed by atoms with Gasteiger partial charge in [0, 0.05) is 19.6 Å². The number of unbranched alkanes of at least 4 members (excludes halogenated alkanes) is 4. The average molecular weight is 669 g/mol.